The van der Waals surface area contributed by atoms with Crippen LogP contribution in [0.5, 0.6) is 5.75 Å². The number of methoxy groups -OCH3 is 1. The first-order valence-electron chi connectivity index (χ1n) is 6.36. The van der Waals surface area contributed by atoms with Gasteiger partial charge in [0.2, 0.25) is 0 Å². The van der Waals surface area contributed by atoms with Crippen LogP contribution < -0.4 is 10.1 Å². The zero-order valence-corrected chi connectivity index (χ0v) is 11.0. The summed E-state index contributed by atoms with van der Waals surface area (Å²) in [5, 5.41) is 13.2. The molecule has 1 atom stereocenters. The highest BCUT2D eigenvalue weighted by Crippen LogP contribution is 2.12. The van der Waals surface area contributed by atoms with Crippen molar-refractivity contribution < 1.29 is 9.84 Å². The summed E-state index contributed by atoms with van der Waals surface area (Å²) in [6.45, 7) is 1.27. The number of aliphatic hydroxyl groups is 1. The van der Waals surface area contributed by atoms with Crippen molar-refractivity contribution >= 4 is 0 Å². The van der Waals surface area contributed by atoms with Gasteiger partial charge in [-0.3, -0.25) is 0 Å². The van der Waals surface area contributed by atoms with Crippen LogP contribution in [-0.2, 0) is 6.54 Å². The second-order valence-corrected chi connectivity index (χ2v) is 4.41. The van der Waals surface area contributed by atoms with Gasteiger partial charge in [-0.25, -0.2) is 0 Å². The van der Waals surface area contributed by atoms with E-state index in [-0.39, 0.29) is 0 Å². The fourth-order valence-electron chi connectivity index (χ4n) is 1.89. The van der Waals surface area contributed by atoms with Crippen LogP contribution in [0.1, 0.15) is 17.2 Å². The third kappa shape index (κ3) is 4.09. The number of ether oxygens (including phenoxy) is 1. The first-order chi connectivity index (χ1) is 9.29. The molecule has 0 bridgehead atoms. The molecule has 0 aliphatic carbocycles. The molecule has 0 unspecified atom stereocenters. The molecule has 19 heavy (non-hydrogen) atoms. The highest BCUT2D eigenvalue weighted by molar-refractivity contribution is 5.27. The summed E-state index contributed by atoms with van der Waals surface area (Å²) < 4.78 is 5.11. The third-order valence-electron chi connectivity index (χ3n) is 3.01. The van der Waals surface area contributed by atoms with Crippen molar-refractivity contribution in [2.75, 3.05) is 13.7 Å². The molecule has 100 valence electrons. The molecule has 2 rings (SSSR count). The van der Waals surface area contributed by atoms with E-state index in [0.717, 1.165) is 17.9 Å². The van der Waals surface area contributed by atoms with Gasteiger partial charge in [0.1, 0.15) is 5.75 Å². The summed E-state index contributed by atoms with van der Waals surface area (Å²) in [6.07, 6.45) is -0.473. The zero-order valence-electron chi connectivity index (χ0n) is 11.0. The molecule has 2 aromatic rings. The van der Waals surface area contributed by atoms with E-state index in [0.29, 0.717) is 6.54 Å². The van der Waals surface area contributed by atoms with Crippen molar-refractivity contribution in [2.45, 2.75) is 12.6 Å². The monoisotopic (exact) mass is 257 g/mol. The fourth-order valence-corrected chi connectivity index (χ4v) is 1.89. The summed E-state index contributed by atoms with van der Waals surface area (Å²) in [7, 11) is 1.66. The molecule has 0 amide bonds. The molecule has 2 N–H and O–H groups in total. The van der Waals surface area contributed by atoms with Gasteiger partial charge in [0.05, 0.1) is 13.2 Å². The van der Waals surface area contributed by atoms with Crippen molar-refractivity contribution in [3.8, 4) is 5.75 Å². The maximum Gasteiger partial charge on any atom is 0.118 e. The van der Waals surface area contributed by atoms with Crippen molar-refractivity contribution in [3.63, 3.8) is 0 Å². The zero-order chi connectivity index (χ0) is 13.5. The lowest BCUT2D eigenvalue weighted by Gasteiger charge is -2.12. The molecular formula is C16H19NO2. The predicted octanol–water partition coefficient (Wildman–Crippen LogP) is 2.52. The predicted molar refractivity (Wildman–Crippen MR) is 76.1 cm³/mol. The minimum absolute atomic E-state index is 0.473. The number of hydrogen-bond acceptors (Lipinski definition) is 3. The molecule has 0 aromatic heterocycles. The SMILES string of the molecule is COc1ccc(CNC[C@H](O)c2ccccc2)cc1. The number of rotatable bonds is 6. The molecule has 0 saturated heterocycles. The Kier molecular flexibility index (Phi) is 4.95. The van der Waals surface area contributed by atoms with Crippen LogP contribution >= 0.6 is 0 Å². The standard InChI is InChI=1S/C16H19NO2/c1-19-15-9-7-13(8-10-15)11-17-12-16(18)14-5-3-2-4-6-14/h2-10,16-18H,11-12H2,1H3/t16-/m0/s1. The number of aliphatic hydroxyl groups excluding tert-OH is 1. The van der Waals surface area contributed by atoms with Crippen LogP contribution in [0.2, 0.25) is 0 Å². The van der Waals surface area contributed by atoms with Crippen molar-refractivity contribution in [1.29, 1.82) is 0 Å². The van der Waals surface area contributed by atoms with Crippen LogP contribution in [0, 0.1) is 0 Å². The fraction of sp³-hybridized carbons (Fsp3) is 0.250. The lowest BCUT2D eigenvalue weighted by Crippen LogP contribution is -2.20. The molecule has 3 nitrogen and oxygen atoms in total. The second kappa shape index (κ2) is 6.92. The third-order valence-corrected chi connectivity index (χ3v) is 3.01. The van der Waals surface area contributed by atoms with Gasteiger partial charge in [-0.1, -0.05) is 42.5 Å². The average Bonchev–Trinajstić information content (AvgIpc) is 2.49. The molecule has 0 saturated carbocycles. The van der Waals surface area contributed by atoms with Gasteiger partial charge in [-0.2, -0.15) is 0 Å². The maximum atomic E-state index is 10.00. The molecule has 0 aliphatic rings. The van der Waals surface area contributed by atoms with Gasteiger partial charge in [0.15, 0.2) is 0 Å². The first kappa shape index (κ1) is 13.6. The van der Waals surface area contributed by atoms with E-state index < -0.39 is 6.10 Å². The molecule has 3 heteroatoms. The Morgan fingerprint density at radius 1 is 1.05 bits per heavy atom. The van der Waals surface area contributed by atoms with E-state index in [1.54, 1.807) is 7.11 Å². The van der Waals surface area contributed by atoms with Gasteiger partial charge in [-0.05, 0) is 23.3 Å². The van der Waals surface area contributed by atoms with Gasteiger partial charge < -0.3 is 15.2 Å². The molecule has 0 fully saturated rings. The molecule has 2 aromatic carbocycles. The Labute approximate surface area is 113 Å². The topological polar surface area (TPSA) is 41.5 Å². The Morgan fingerprint density at radius 3 is 2.37 bits per heavy atom. The Morgan fingerprint density at radius 2 is 1.74 bits per heavy atom. The first-order valence-corrected chi connectivity index (χ1v) is 6.36. The van der Waals surface area contributed by atoms with Crippen LogP contribution in [0.15, 0.2) is 54.6 Å². The Hall–Kier alpha value is -1.84. The number of nitrogens with one attached hydrogen (secondary N) is 1. The molecule has 0 radical (unpaired) electrons. The lowest BCUT2D eigenvalue weighted by atomic mass is 10.1. The highest BCUT2D eigenvalue weighted by atomic mass is 16.5. The van der Waals surface area contributed by atoms with Crippen molar-refractivity contribution in [2.24, 2.45) is 0 Å². The van der Waals surface area contributed by atoms with Gasteiger partial charge >= 0.3 is 0 Å². The van der Waals surface area contributed by atoms with Crippen LogP contribution in [0.4, 0.5) is 0 Å². The van der Waals surface area contributed by atoms with E-state index in [2.05, 4.69) is 5.32 Å². The van der Waals surface area contributed by atoms with E-state index in [1.807, 2.05) is 54.6 Å². The highest BCUT2D eigenvalue weighted by Gasteiger charge is 2.05. The molecule has 0 heterocycles. The normalized spacial score (nSPS) is 12.1. The smallest absolute Gasteiger partial charge is 0.118 e. The average molecular weight is 257 g/mol. The summed E-state index contributed by atoms with van der Waals surface area (Å²) in [5.41, 5.74) is 2.10. The van der Waals surface area contributed by atoms with Crippen LogP contribution in [-0.4, -0.2) is 18.8 Å². The van der Waals surface area contributed by atoms with Gasteiger partial charge in [0, 0.05) is 13.1 Å². The second-order valence-electron chi connectivity index (χ2n) is 4.41. The summed E-state index contributed by atoms with van der Waals surface area (Å²) >= 11 is 0. The summed E-state index contributed by atoms with van der Waals surface area (Å²) in [6, 6.07) is 17.6. The number of hydrogen-bond donors (Lipinski definition) is 2. The van der Waals surface area contributed by atoms with E-state index in [9.17, 15) is 5.11 Å². The van der Waals surface area contributed by atoms with Crippen molar-refractivity contribution in [1.82, 2.24) is 5.32 Å². The maximum absolute atomic E-state index is 10.00. The Bertz CT molecular complexity index is 482. The minimum atomic E-state index is -0.473. The minimum Gasteiger partial charge on any atom is -0.497 e. The van der Waals surface area contributed by atoms with Gasteiger partial charge in [-0.15, -0.1) is 0 Å². The van der Waals surface area contributed by atoms with Gasteiger partial charge in [0.25, 0.3) is 0 Å². The van der Waals surface area contributed by atoms with E-state index >= 15 is 0 Å². The molecule has 0 spiro atoms. The van der Waals surface area contributed by atoms with E-state index in [1.165, 1.54) is 5.56 Å². The van der Waals surface area contributed by atoms with Crippen LogP contribution in [0.3, 0.4) is 0 Å². The summed E-state index contributed by atoms with van der Waals surface area (Å²) in [4.78, 5) is 0. The quantitative estimate of drug-likeness (QED) is 0.835. The number of benzene rings is 2. The molecular weight excluding hydrogens is 238 g/mol. The summed E-state index contributed by atoms with van der Waals surface area (Å²) in [5.74, 6) is 0.855. The molecule has 0 aliphatic heterocycles. The van der Waals surface area contributed by atoms with Crippen molar-refractivity contribution in [3.05, 3.63) is 65.7 Å². The Balaban J connectivity index is 1.79. The largest absolute Gasteiger partial charge is 0.497 e. The lowest BCUT2D eigenvalue weighted by molar-refractivity contribution is 0.174. The van der Waals surface area contributed by atoms with E-state index in [4.69, 9.17) is 4.74 Å². The van der Waals surface area contributed by atoms with Crippen LogP contribution in [0.25, 0.3) is 0 Å².